The van der Waals surface area contributed by atoms with Crippen molar-refractivity contribution < 1.29 is 9.59 Å². The van der Waals surface area contributed by atoms with Crippen molar-refractivity contribution >= 4 is 34.8 Å². The summed E-state index contributed by atoms with van der Waals surface area (Å²) in [7, 11) is 0. The number of para-hydroxylation sites is 1. The number of anilines is 3. The Kier molecular flexibility index (Phi) is 5.08. The van der Waals surface area contributed by atoms with E-state index in [1.807, 2.05) is 38.1 Å². The van der Waals surface area contributed by atoms with Crippen LogP contribution >= 0.6 is 0 Å². The molecule has 3 amide bonds. The number of benzene rings is 2. The Labute approximate surface area is 172 Å². The van der Waals surface area contributed by atoms with Crippen LogP contribution in [0, 0.1) is 13.8 Å². The molecule has 0 aliphatic carbocycles. The van der Waals surface area contributed by atoms with Gasteiger partial charge in [-0.15, -0.1) is 5.10 Å². The number of hydrogen-bond donors (Lipinski definition) is 3. The van der Waals surface area contributed by atoms with Gasteiger partial charge in [0.1, 0.15) is 0 Å². The SMILES string of the molecule is Cc1cc(C)n2nc(C(=O)Nc3ccc(NC(=O)Nc4ccccc4)cc3)nc2n1. The van der Waals surface area contributed by atoms with Crippen molar-refractivity contribution in [1.82, 2.24) is 19.6 Å². The van der Waals surface area contributed by atoms with E-state index in [1.165, 1.54) is 4.52 Å². The Balaban J connectivity index is 1.40. The summed E-state index contributed by atoms with van der Waals surface area (Å²) in [6, 6.07) is 17.4. The predicted octanol–water partition coefficient (Wildman–Crippen LogP) is 3.64. The number of carbonyl (C=O) groups excluding carboxylic acids is 2. The smallest absolute Gasteiger partial charge is 0.319 e. The van der Waals surface area contributed by atoms with Crippen LogP contribution < -0.4 is 16.0 Å². The van der Waals surface area contributed by atoms with Crippen molar-refractivity contribution in [3.05, 3.63) is 77.9 Å². The highest BCUT2D eigenvalue weighted by Crippen LogP contribution is 2.15. The van der Waals surface area contributed by atoms with Crippen LogP contribution in [-0.2, 0) is 0 Å². The lowest BCUT2D eigenvalue weighted by atomic mass is 10.2. The third-order valence-corrected chi connectivity index (χ3v) is 4.25. The Morgan fingerprint density at radius 2 is 1.40 bits per heavy atom. The maximum absolute atomic E-state index is 12.5. The van der Waals surface area contributed by atoms with Crippen molar-refractivity contribution in [2.24, 2.45) is 0 Å². The van der Waals surface area contributed by atoms with Gasteiger partial charge in [-0.05, 0) is 56.3 Å². The number of nitrogens with one attached hydrogen (secondary N) is 3. The Bertz CT molecular complexity index is 1220. The van der Waals surface area contributed by atoms with E-state index in [2.05, 4.69) is 31.0 Å². The van der Waals surface area contributed by atoms with Crippen LogP contribution in [0.1, 0.15) is 22.0 Å². The molecule has 0 aliphatic rings. The predicted molar refractivity (Wildman–Crippen MR) is 114 cm³/mol. The van der Waals surface area contributed by atoms with E-state index in [4.69, 9.17) is 0 Å². The second-order valence-electron chi connectivity index (χ2n) is 6.66. The van der Waals surface area contributed by atoms with Crippen LogP contribution in [-0.4, -0.2) is 31.5 Å². The second-order valence-corrected chi connectivity index (χ2v) is 6.66. The number of fused-ring (bicyclic) bond motifs is 1. The standard InChI is InChI=1S/C21H19N7O2/c1-13-12-14(2)28-20(22-13)26-18(27-28)19(29)23-16-8-10-17(11-9-16)25-21(30)24-15-6-4-3-5-7-15/h3-12H,1-2H3,(H,23,29)(H2,24,25,30). The molecule has 4 rings (SSSR count). The molecular formula is C21H19N7O2. The molecule has 0 unspecified atom stereocenters. The molecule has 0 saturated carbocycles. The summed E-state index contributed by atoms with van der Waals surface area (Å²) >= 11 is 0. The lowest BCUT2D eigenvalue weighted by molar-refractivity contribution is 0.101. The van der Waals surface area contributed by atoms with Crippen molar-refractivity contribution in [1.29, 1.82) is 0 Å². The molecule has 9 heteroatoms. The van der Waals surface area contributed by atoms with E-state index in [1.54, 1.807) is 36.4 Å². The highest BCUT2D eigenvalue weighted by Gasteiger charge is 2.15. The minimum Gasteiger partial charge on any atom is -0.319 e. The van der Waals surface area contributed by atoms with Gasteiger partial charge in [0, 0.05) is 28.5 Å². The molecule has 2 aromatic heterocycles. The molecule has 3 N–H and O–H groups in total. The Morgan fingerprint density at radius 1 is 0.800 bits per heavy atom. The highest BCUT2D eigenvalue weighted by atomic mass is 16.2. The summed E-state index contributed by atoms with van der Waals surface area (Å²) in [6.07, 6.45) is 0. The van der Waals surface area contributed by atoms with E-state index in [0.717, 1.165) is 11.4 Å². The normalized spacial score (nSPS) is 10.6. The Morgan fingerprint density at radius 3 is 2.07 bits per heavy atom. The molecule has 0 atom stereocenters. The van der Waals surface area contributed by atoms with Gasteiger partial charge in [0.25, 0.3) is 11.7 Å². The summed E-state index contributed by atoms with van der Waals surface area (Å²) < 4.78 is 1.53. The number of hydrogen-bond acceptors (Lipinski definition) is 5. The third-order valence-electron chi connectivity index (χ3n) is 4.25. The summed E-state index contributed by atoms with van der Waals surface area (Å²) in [5.41, 5.74) is 3.47. The molecule has 4 aromatic rings. The van der Waals surface area contributed by atoms with Crippen LogP contribution in [0.2, 0.25) is 0 Å². The van der Waals surface area contributed by atoms with Crippen LogP contribution in [0.4, 0.5) is 21.9 Å². The van der Waals surface area contributed by atoms with Gasteiger partial charge in [-0.1, -0.05) is 18.2 Å². The Hall–Kier alpha value is -4.27. The average Bonchev–Trinajstić information content (AvgIpc) is 3.15. The fourth-order valence-electron chi connectivity index (χ4n) is 2.90. The first kappa shape index (κ1) is 19.1. The van der Waals surface area contributed by atoms with Gasteiger partial charge in [-0.25, -0.2) is 14.3 Å². The maximum atomic E-state index is 12.5. The highest BCUT2D eigenvalue weighted by molar-refractivity contribution is 6.02. The fraction of sp³-hybridized carbons (Fsp3) is 0.0952. The first-order valence-electron chi connectivity index (χ1n) is 9.23. The van der Waals surface area contributed by atoms with E-state index in [9.17, 15) is 9.59 Å². The lowest BCUT2D eigenvalue weighted by Crippen LogP contribution is -2.19. The van der Waals surface area contributed by atoms with E-state index >= 15 is 0 Å². The number of carbonyl (C=O) groups is 2. The molecule has 0 aliphatic heterocycles. The molecule has 0 saturated heterocycles. The minimum absolute atomic E-state index is 0.0284. The number of rotatable bonds is 4. The molecule has 0 spiro atoms. The lowest BCUT2D eigenvalue weighted by Gasteiger charge is -2.08. The van der Waals surface area contributed by atoms with E-state index < -0.39 is 5.91 Å². The summed E-state index contributed by atoms with van der Waals surface area (Å²) in [4.78, 5) is 33.0. The zero-order valence-electron chi connectivity index (χ0n) is 16.4. The number of amides is 3. The first-order chi connectivity index (χ1) is 14.5. The quantitative estimate of drug-likeness (QED) is 0.483. The van der Waals surface area contributed by atoms with Gasteiger partial charge < -0.3 is 16.0 Å². The summed E-state index contributed by atoms with van der Waals surface area (Å²) in [6.45, 7) is 3.73. The molecule has 0 radical (unpaired) electrons. The van der Waals surface area contributed by atoms with Gasteiger partial charge in [-0.2, -0.15) is 4.98 Å². The topological polar surface area (TPSA) is 113 Å². The van der Waals surface area contributed by atoms with Gasteiger partial charge in [-0.3, -0.25) is 4.79 Å². The van der Waals surface area contributed by atoms with Gasteiger partial charge in [0.15, 0.2) is 0 Å². The number of nitrogens with zero attached hydrogens (tertiary/aromatic N) is 4. The molecule has 30 heavy (non-hydrogen) atoms. The third kappa shape index (κ3) is 4.25. The molecule has 2 heterocycles. The molecular weight excluding hydrogens is 382 g/mol. The molecule has 9 nitrogen and oxygen atoms in total. The van der Waals surface area contributed by atoms with Crippen LogP contribution in [0.5, 0.6) is 0 Å². The summed E-state index contributed by atoms with van der Waals surface area (Å²) in [5.74, 6) is -0.0395. The van der Waals surface area contributed by atoms with Crippen molar-refractivity contribution in [2.75, 3.05) is 16.0 Å². The van der Waals surface area contributed by atoms with Crippen LogP contribution in [0.25, 0.3) is 5.78 Å². The molecule has 0 bridgehead atoms. The number of aryl methyl sites for hydroxylation is 2. The average molecular weight is 401 g/mol. The van der Waals surface area contributed by atoms with Crippen molar-refractivity contribution in [2.45, 2.75) is 13.8 Å². The fourth-order valence-corrected chi connectivity index (χ4v) is 2.90. The molecule has 2 aromatic carbocycles. The summed E-state index contributed by atoms with van der Waals surface area (Å²) in [5, 5.41) is 12.4. The molecule has 0 fully saturated rings. The molecule has 150 valence electrons. The second kappa shape index (κ2) is 8.00. The van der Waals surface area contributed by atoms with Crippen LogP contribution in [0.3, 0.4) is 0 Å². The maximum Gasteiger partial charge on any atom is 0.323 e. The van der Waals surface area contributed by atoms with Crippen LogP contribution in [0.15, 0.2) is 60.7 Å². The van der Waals surface area contributed by atoms with Gasteiger partial charge >= 0.3 is 6.03 Å². The first-order valence-corrected chi connectivity index (χ1v) is 9.23. The van der Waals surface area contributed by atoms with Crippen molar-refractivity contribution in [3.63, 3.8) is 0 Å². The monoisotopic (exact) mass is 401 g/mol. The largest absolute Gasteiger partial charge is 0.323 e. The van der Waals surface area contributed by atoms with Crippen molar-refractivity contribution in [3.8, 4) is 0 Å². The zero-order valence-corrected chi connectivity index (χ0v) is 16.4. The van der Waals surface area contributed by atoms with Gasteiger partial charge in [0.05, 0.1) is 0 Å². The zero-order chi connectivity index (χ0) is 21.1. The number of urea groups is 1. The number of aromatic nitrogens is 4. The van der Waals surface area contributed by atoms with E-state index in [-0.39, 0.29) is 11.9 Å². The van der Waals surface area contributed by atoms with Gasteiger partial charge in [0.2, 0.25) is 5.82 Å². The van der Waals surface area contributed by atoms with E-state index in [0.29, 0.717) is 22.8 Å². The minimum atomic E-state index is -0.444.